The predicted molar refractivity (Wildman–Crippen MR) is 108 cm³/mol. The Bertz CT molecular complexity index is 1010. The Kier molecular flexibility index (Phi) is 7.00. The van der Waals surface area contributed by atoms with E-state index in [0.29, 0.717) is 22.9 Å². The van der Waals surface area contributed by atoms with Crippen LogP contribution >= 0.6 is 11.8 Å². The van der Waals surface area contributed by atoms with Gasteiger partial charge in [0.2, 0.25) is 11.1 Å². The molecule has 0 atom stereocenters. The number of hydrogen-bond acceptors (Lipinski definition) is 8. The zero-order valence-corrected chi connectivity index (χ0v) is 16.0. The van der Waals surface area contributed by atoms with Gasteiger partial charge in [-0.2, -0.15) is 9.78 Å². The van der Waals surface area contributed by atoms with E-state index in [9.17, 15) is 14.9 Å². The maximum atomic E-state index is 11.9. The van der Waals surface area contributed by atoms with Crippen molar-refractivity contribution in [3.8, 4) is 5.69 Å². The van der Waals surface area contributed by atoms with E-state index < -0.39 is 4.92 Å². The number of non-ortho nitro benzene ring substituents is 1. The topological polar surface area (TPSA) is 128 Å². The van der Waals surface area contributed by atoms with Crippen LogP contribution in [-0.2, 0) is 4.79 Å². The Morgan fingerprint density at radius 1 is 1.24 bits per heavy atom. The number of tetrazole rings is 1. The smallest absolute Gasteiger partial charge is 0.270 e. The van der Waals surface area contributed by atoms with Crippen LogP contribution in [0.15, 0.2) is 64.9 Å². The molecular formula is C18H17N7O3S. The Labute approximate surface area is 170 Å². The first-order valence-electron chi connectivity index (χ1n) is 8.66. The third kappa shape index (κ3) is 5.94. The molecule has 11 heteroatoms. The second kappa shape index (κ2) is 10.1. The van der Waals surface area contributed by atoms with Crippen molar-refractivity contribution in [1.82, 2.24) is 25.6 Å². The molecule has 1 heterocycles. The van der Waals surface area contributed by atoms with Crippen molar-refractivity contribution < 1.29 is 9.72 Å². The summed E-state index contributed by atoms with van der Waals surface area (Å²) in [5.74, 6) is 0.421. The number of thioether (sulfide) groups is 1. The number of carbonyl (C=O) groups excluding carboxylic acids is 1. The molecule has 3 aromatic rings. The summed E-state index contributed by atoms with van der Waals surface area (Å²) in [4.78, 5) is 22.1. The zero-order chi connectivity index (χ0) is 20.5. The molecule has 0 spiro atoms. The molecule has 2 aromatic carbocycles. The van der Waals surface area contributed by atoms with Gasteiger partial charge in [-0.15, -0.1) is 5.10 Å². The van der Waals surface area contributed by atoms with Gasteiger partial charge in [-0.1, -0.05) is 42.1 Å². The van der Waals surface area contributed by atoms with Crippen LogP contribution in [-0.4, -0.2) is 43.0 Å². The molecule has 148 valence electrons. The Morgan fingerprint density at radius 3 is 2.86 bits per heavy atom. The molecule has 0 radical (unpaired) electrons. The molecule has 0 aliphatic rings. The van der Waals surface area contributed by atoms with Gasteiger partial charge >= 0.3 is 0 Å². The van der Waals surface area contributed by atoms with Crippen molar-refractivity contribution in [2.45, 2.75) is 18.0 Å². The third-order valence-corrected chi connectivity index (χ3v) is 4.71. The highest BCUT2D eigenvalue weighted by atomic mass is 32.2. The van der Waals surface area contributed by atoms with Crippen molar-refractivity contribution >= 4 is 29.6 Å². The van der Waals surface area contributed by atoms with E-state index in [0.717, 1.165) is 5.69 Å². The molecule has 0 aliphatic heterocycles. The van der Waals surface area contributed by atoms with Crippen LogP contribution in [0.5, 0.6) is 0 Å². The molecule has 0 aliphatic carbocycles. The number of nitro groups is 1. The maximum Gasteiger partial charge on any atom is 0.270 e. The van der Waals surface area contributed by atoms with E-state index >= 15 is 0 Å². The van der Waals surface area contributed by atoms with E-state index in [1.54, 1.807) is 16.8 Å². The summed E-state index contributed by atoms with van der Waals surface area (Å²) in [6.45, 7) is 0. The molecule has 29 heavy (non-hydrogen) atoms. The number of aromatic nitrogens is 4. The lowest BCUT2D eigenvalue weighted by Gasteiger charge is -2.03. The van der Waals surface area contributed by atoms with Gasteiger partial charge in [-0.25, -0.2) is 5.43 Å². The van der Waals surface area contributed by atoms with E-state index in [4.69, 9.17) is 0 Å². The van der Waals surface area contributed by atoms with Crippen LogP contribution in [0.25, 0.3) is 5.69 Å². The van der Waals surface area contributed by atoms with E-state index in [1.807, 2.05) is 30.3 Å². The van der Waals surface area contributed by atoms with Crippen molar-refractivity contribution in [1.29, 1.82) is 0 Å². The molecule has 1 aromatic heterocycles. The van der Waals surface area contributed by atoms with Crippen LogP contribution in [0.4, 0.5) is 5.69 Å². The molecule has 10 nitrogen and oxygen atoms in total. The third-order valence-electron chi connectivity index (χ3n) is 3.70. The van der Waals surface area contributed by atoms with Gasteiger partial charge in [0, 0.05) is 29.9 Å². The highest BCUT2D eigenvalue weighted by Gasteiger charge is 2.09. The summed E-state index contributed by atoms with van der Waals surface area (Å²) in [6.07, 6.45) is 2.27. The molecule has 1 amide bonds. The number of nitro benzene ring substituents is 1. The van der Waals surface area contributed by atoms with Gasteiger partial charge in [-0.3, -0.25) is 14.9 Å². The number of carbonyl (C=O) groups is 1. The normalized spacial score (nSPS) is 10.9. The van der Waals surface area contributed by atoms with Gasteiger partial charge < -0.3 is 0 Å². The largest absolute Gasteiger partial charge is 0.273 e. The van der Waals surface area contributed by atoms with E-state index in [1.165, 1.54) is 30.1 Å². The Morgan fingerprint density at radius 2 is 2.07 bits per heavy atom. The van der Waals surface area contributed by atoms with Crippen LogP contribution in [0.1, 0.15) is 18.4 Å². The molecule has 0 bridgehead atoms. The quantitative estimate of drug-likeness (QED) is 0.188. The average Bonchev–Trinajstić information content (AvgIpc) is 3.20. The fourth-order valence-electron chi connectivity index (χ4n) is 2.35. The summed E-state index contributed by atoms with van der Waals surface area (Å²) in [6, 6.07) is 15.5. The van der Waals surface area contributed by atoms with Gasteiger partial charge in [0.1, 0.15) is 0 Å². The summed E-state index contributed by atoms with van der Waals surface area (Å²) in [7, 11) is 0. The van der Waals surface area contributed by atoms with Gasteiger partial charge in [0.15, 0.2) is 0 Å². The second-order valence-corrected chi connectivity index (χ2v) is 6.87. The number of rotatable bonds is 9. The minimum atomic E-state index is -0.484. The first kappa shape index (κ1) is 20.1. The van der Waals surface area contributed by atoms with Crippen molar-refractivity contribution in [2.75, 3.05) is 5.75 Å². The van der Waals surface area contributed by atoms with Gasteiger partial charge in [-0.05, 0) is 29.0 Å². The first-order chi connectivity index (χ1) is 14.1. The monoisotopic (exact) mass is 411 g/mol. The summed E-state index contributed by atoms with van der Waals surface area (Å²) >= 11 is 1.46. The van der Waals surface area contributed by atoms with Crippen LogP contribution in [0.3, 0.4) is 0 Å². The predicted octanol–water partition coefficient (Wildman–Crippen LogP) is 2.59. The zero-order valence-electron chi connectivity index (χ0n) is 15.2. The van der Waals surface area contributed by atoms with Crippen molar-refractivity contribution in [3.05, 3.63) is 70.3 Å². The number of amides is 1. The number of nitrogens with one attached hydrogen (secondary N) is 1. The minimum absolute atomic E-state index is 0.0323. The van der Waals surface area contributed by atoms with Crippen molar-refractivity contribution in [3.63, 3.8) is 0 Å². The van der Waals surface area contributed by atoms with Crippen LogP contribution in [0, 0.1) is 10.1 Å². The standard InChI is InChI=1S/C18H17N7O3S/c26-17(20-19-13-14-6-4-9-16(12-14)25(27)28)10-5-11-29-18-21-22-23-24(18)15-7-2-1-3-8-15/h1-4,6-9,12-13H,5,10-11H2,(H,20,26)/b19-13+. The summed E-state index contributed by atoms with van der Waals surface area (Å²) < 4.78 is 1.65. The SMILES string of the molecule is O=C(CCCSc1nnnn1-c1ccccc1)N/N=C/c1cccc([N+](=O)[O-])c1. The van der Waals surface area contributed by atoms with Crippen LogP contribution in [0.2, 0.25) is 0 Å². The average molecular weight is 411 g/mol. The molecule has 0 saturated carbocycles. The minimum Gasteiger partial charge on any atom is -0.273 e. The number of hydrazone groups is 1. The molecule has 0 fully saturated rings. The fraction of sp³-hybridized carbons (Fsp3) is 0.167. The highest BCUT2D eigenvalue weighted by Crippen LogP contribution is 2.19. The molecule has 0 saturated heterocycles. The first-order valence-corrected chi connectivity index (χ1v) is 9.65. The molecule has 3 rings (SSSR count). The Balaban J connectivity index is 1.41. The lowest BCUT2D eigenvalue weighted by Crippen LogP contribution is -2.17. The maximum absolute atomic E-state index is 11.9. The lowest BCUT2D eigenvalue weighted by molar-refractivity contribution is -0.384. The Hall–Kier alpha value is -3.60. The number of para-hydroxylation sites is 1. The van der Waals surface area contributed by atoms with Crippen molar-refractivity contribution in [2.24, 2.45) is 5.10 Å². The highest BCUT2D eigenvalue weighted by molar-refractivity contribution is 7.99. The molecule has 1 N–H and O–H groups in total. The molecular weight excluding hydrogens is 394 g/mol. The van der Waals surface area contributed by atoms with E-state index in [2.05, 4.69) is 26.1 Å². The summed E-state index contributed by atoms with van der Waals surface area (Å²) in [5.41, 5.74) is 3.78. The van der Waals surface area contributed by atoms with Gasteiger partial charge in [0.05, 0.1) is 16.8 Å². The molecule has 0 unspecified atom stereocenters. The fourth-order valence-corrected chi connectivity index (χ4v) is 3.18. The number of nitrogens with zero attached hydrogens (tertiary/aromatic N) is 6. The lowest BCUT2D eigenvalue weighted by atomic mass is 10.2. The number of hydrogen-bond donors (Lipinski definition) is 1. The van der Waals surface area contributed by atoms with E-state index in [-0.39, 0.29) is 18.0 Å². The number of benzene rings is 2. The second-order valence-electron chi connectivity index (χ2n) is 5.81. The van der Waals surface area contributed by atoms with Gasteiger partial charge in [0.25, 0.3) is 5.69 Å². The van der Waals surface area contributed by atoms with Crippen LogP contribution < -0.4 is 5.43 Å². The summed E-state index contributed by atoms with van der Waals surface area (Å²) in [5, 5.41) is 26.9.